The molecule has 0 atom stereocenters. The summed E-state index contributed by atoms with van der Waals surface area (Å²) in [5, 5.41) is 3.40. The highest BCUT2D eigenvalue weighted by atomic mass is 32.1. The topological polar surface area (TPSA) is 21.3 Å². The second-order valence-corrected chi connectivity index (χ2v) is 6.23. The van der Waals surface area contributed by atoms with Gasteiger partial charge >= 0.3 is 0 Å². The lowest BCUT2D eigenvalue weighted by molar-refractivity contribution is 0.313. The summed E-state index contributed by atoms with van der Waals surface area (Å²) >= 11 is 1.84. The van der Waals surface area contributed by atoms with Gasteiger partial charge in [0.05, 0.1) is 0 Å². The second-order valence-electron chi connectivity index (χ2n) is 4.86. The van der Waals surface area contributed by atoms with E-state index < -0.39 is 0 Å². The van der Waals surface area contributed by atoms with Gasteiger partial charge in [-0.2, -0.15) is 0 Å². The van der Waals surface area contributed by atoms with Crippen molar-refractivity contribution in [1.82, 2.24) is 5.32 Å². The van der Waals surface area contributed by atoms with Crippen LogP contribution in [-0.4, -0.2) is 13.2 Å². The molecule has 2 nitrogen and oxygen atoms in total. The molecule has 0 aliphatic rings. The van der Waals surface area contributed by atoms with Gasteiger partial charge in [-0.3, -0.25) is 0 Å². The van der Waals surface area contributed by atoms with E-state index in [2.05, 4.69) is 56.4 Å². The van der Waals surface area contributed by atoms with E-state index in [9.17, 15) is 0 Å². The molecule has 0 aliphatic heterocycles. The lowest BCUT2D eigenvalue weighted by Gasteiger charge is -2.08. The maximum atomic E-state index is 5.75. The predicted octanol–water partition coefficient (Wildman–Crippen LogP) is 3.84. The lowest BCUT2D eigenvalue weighted by Crippen LogP contribution is -2.20. The Kier molecular flexibility index (Phi) is 5.00. The first-order valence-electron chi connectivity index (χ1n) is 6.60. The highest BCUT2D eigenvalue weighted by Gasteiger charge is 1.98. The molecular formula is C16H21NOS. The summed E-state index contributed by atoms with van der Waals surface area (Å²) in [6.45, 7) is 8.82. The van der Waals surface area contributed by atoms with E-state index >= 15 is 0 Å². The fourth-order valence-electron chi connectivity index (χ4n) is 2.05. The quantitative estimate of drug-likeness (QED) is 0.809. The zero-order valence-electron chi connectivity index (χ0n) is 11.8. The van der Waals surface area contributed by atoms with Gasteiger partial charge in [-0.25, -0.2) is 0 Å². The monoisotopic (exact) mass is 275 g/mol. The van der Waals surface area contributed by atoms with Crippen LogP contribution >= 0.6 is 11.3 Å². The minimum absolute atomic E-state index is 0.702. The van der Waals surface area contributed by atoms with Crippen molar-refractivity contribution in [2.45, 2.75) is 27.3 Å². The smallest absolute Gasteiger partial charge is 0.119 e. The van der Waals surface area contributed by atoms with Crippen LogP contribution in [0.1, 0.15) is 20.9 Å². The molecule has 2 rings (SSSR count). The summed E-state index contributed by atoms with van der Waals surface area (Å²) in [5.74, 6) is 0.964. The summed E-state index contributed by atoms with van der Waals surface area (Å²) in [4.78, 5) is 2.74. The Balaban J connectivity index is 1.69. The fourth-order valence-corrected chi connectivity index (χ4v) is 2.91. The van der Waals surface area contributed by atoms with E-state index in [1.165, 1.54) is 20.9 Å². The number of rotatable bonds is 6. The molecule has 0 fully saturated rings. The van der Waals surface area contributed by atoms with Gasteiger partial charge < -0.3 is 10.1 Å². The number of ether oxygens (including phenoxy) is 1. The third kappa shape index (κ3) is 4.69. The van der Waals surface area contributed by atoms with Crippen LogP contribution in [0.4, 0.5) is 0 Å². The molecule has 102 valence electrons. The van der Waals surface area contributed by atoms with E-state index in [-0.39, 0.29) is 0 Å². The average Bonchev–Trinajstić information content (AvgIpc) is 2.73. The predicted molar refractivity (Wildman–Crippen MR) is 82.2 cm³/mol. The van der Waals surface area contributed by atoms with Gasteiger partial charge in [0.1, 0.15) is 12.4 Å². The highest BCUT2D eigenvalue weighted by Crippen LogP contribution is 2.16. The van der Waals surface area contributed by atoms with Crippen LogP contribution in [0.15, 0.2) is 30.3 Å². The van der Waals surface area contributed by atoms with Crippen molar-refractivity contribution >= 4 is 11.3 Å². The van der Waals surface area contributed by atoms with Gasteiger partial charge in [0.2, 0.25) is 0 Å². The lowest BCUT2D eigenvalue weighted by atomic mass is 10.1. The summed E-state index contributed by atoms with van der Waals surface area (Å²) in [6.07, 6.45) is 0. The van der Waals surface area contributed by atoms with Crippen LogP contribution in [-0.2, 0) is 6.54 Å². The minimum atomic E-state index is 0.702. The molecule has 0 radical (unpaired) electrons. The number of benzene rings is 1. The maximum Gasteiger partial charge on any atom is 0.119 e. The molecule has 3 heteroatoms. The summed E-state index contributed by atoms with van der Waals surface area (Å²) in [7, 11) is 0. The van der Waals surface area contributed by atoms with Crippen LogP contribution in [0, 0.1) is 20.8 Å². The van der Waals surface area contributed by atoms with Crippen LogP contribution in [0.3, 0.4) is 0 Å². The van der Waals surface area contributed by atoms with Crippen molar-refractivity contribution in [3.05, 3.63) is 51.2 Å². The highest BCUT2D eigenvalue weighted by molar-refractivity contribution is 7.11. The normalized spacial score (nSPS) is 10.7. The summed E-state index contributed by atoms with van der Waals surface area (Å²) in [5.41, 5.74) is 2.49. The third-order valence-electron chi connectivity index (χ3n) is 2.84. The zero-order chi connectivity index (χ0) is 13.7. The standard InChI is InChI=1S/C16H21NOS/c1-12-8-13(2)10-15(9-12)18-7-6-17-11-16-5-4-14(3)19-16/h4-5,8-10,17H,6-7,11H2,1-3H3. The Hall–Kier alpha value is -1.32. The molecule has 0 saturated carbocycles. The number of thiophene rings is 1. The number of nitrogens with one attached hydrogen (secondary N) is 1. The Labute approximate surface area is 119 Å². The zero-order valence-corrected chi connectivity index (χ0v) is 12.6. The molecule has 0 bridgehead atoms. The fraction of sp³-hybridized carbons (Fsp3) is 0.375. The van der Waals surface area contributed by atoms with Gasteiger partial charge in [-0.1, -0.05) is 6.07 Å². The largest absolute Gasteiger partial charge is 0.492 e. The Morgan fingerprint density at radius 2 is 1.79 bits per heavy atom. The third-order valence-corrected chi connectivity index (χ3v) is 3.84. The maximum absolute atomic E-state index is 5.75. The van der Waals surface area contributed by atoms with E-state index in [1.54, 1.807) is 0 Å². The van der Waals surface area contributed by atoms with Gasteiger partial charge in [0.15, 0.2) is 0 Å². The molecule has 2 aromatic rings. The van der Waals surface area contributed by atoms with E-state index in [0.29, 0.717) is 6.61 Å². The van der Waals surface area contributed by atoms with Gasteiger partial charge in [-0.05, 0) is 56.2 Å². The molecule has 0 amide bonds. The first kappa shape index (κ1) is 14.1. The van der Waals surface area contributed by atoms with Crippen molar-refractivity contribution in [2.24, 2.45) is 0 Å². The molecule has 1 aromatic heterocycles. The molecule has 0 spiro atoms. The van der Waals surface area contributed by atoms with Gasteiger partial charge in [-0.15, -0.1) is 11.3 Å². The van der Waals surface area contributed by atoms with Crippen LogP contribution in [0.5, 0.6) is 5.75 Å². The Bertz CT molecular complexity index is 513. The summed E-state index contributed by atoms with van der Waals surface area (Å²) in [6, 6.07) is 10.7. The molecular weight excluding hydrogens is 254 g/mol. The molecule has 0 aliphatic carbocycles. The minimum Gasteiger partial charge on any atom is -0.492 e. The molecule has 1 aromatic carbocycles. The van der Waals surface area contributed by atoms with Crippen molar-refractivity contribution in [1.29, 1.82) is 0 Å². The number of hydrogen-bond acceptors (Lipinski definition) is 3. The van der Waals surface area contributed by atoms with Crippen molar-refractivity contribution in [2.75, 3.05) is 13.2 Å². The summed E-state index contributed by atoms with van der Waals surface area (Å²) < 4.78 is 5.75. The Morgan fingerprint density at radius 3 is 2.42 bits per heavy atom. The molecule has 0 saturated heterocycles. The van der Waals surface area contributed by atoms with Crippen LogP contribution < -0.4 is 10.1 Å². The Morgan fingerprint density at radius 1 is 1.05 bits per heavy atom. The van der Waals surface area contributed by atoms with E-state index in [1.807, 2.05) is 11.3 Å². The van der Waals surface area contributed by atoms with Crippen LogP contribution in [0.25, 0.3) is 0 Å². The van der Waals surface area contributed by atoms with E-state index in [0.717, 1.165) is 18.8 Å². The molecule has 0 unspecified atom stereocenters. The average molecular weight is 275 g/mol. The van der Waals surface area contributed by atoms with Crippen molar-refractivity contribution < 1.29 is 4.74 Å². The SMILES string of the molecule is Cc1cc(C)cc(OCCNCc2ccc(C)s2)c1. The first-order chi connectivity index (χ1) is 9.13. The molecule has 1 heterocycles. The molecule has 1 N–H and O–H groups in total. The number of aryl methyl sites for hydroxylation is 3. The number of hydrogen-bond donors (Lipinski definition) is 1. The van der Waals surface area contributed by atoms with Crippen LogP contribution in [0.2, 0.25) is 0 Å². The first-order valence-corrected chi connectivity index (χ1v) is 7.42. The van der Waals surface area contributed by atoms with Crippen molar-refractivity contribution in [3.63, 3.8) is 0 Å². The molecule has 19 heavy (non-hydrogen) atoms. The second kappa shape index (κ2) is 6.73. The van der Waals surface area contributed by atoms with E-state index in [4.69, 9.17) is 4.74 Å². The van der Waals surface area contributed by atoms with Crippen molar-refractivity contribution in [3.8, 4) is 5.75 Å². The van der Waals surface area contributed by atoms with Gasteiger partial charge in [0.25, 0.3) is 0 Å². The van der Waals surface area contributed by atoms with Gasteiger partial charge in [0, 0.05) is 22.8 Å².